The molecule has 0 fully saturated rings. The summed E-state index contributed by atoms with van der Waals surface area (Å²) in [6.07, 6.45) is 4.82. The minimum Gasteiger partial charge on any atom is -0.497 e. The van der Waals surface area contributed by atoms with Crippen molar-refractivity contribution < 1.29 is 9.47 Å². The molecule has 0 saturated heterocycles. The molecular weight excluding hydrogens is 286 g/mol. The first kappa shape index (κ1) is 15.7. The summed E-state index contributed by atoms with van der Waals surface area (Å²) >= 11 is 1.86. The molecule has 0 radical (unpaired) electrons. The van der Waals surface area contributed by atoms with Gasteiger partial charge in [-0.2, -0.15) is 11.8 Å². The van der Waals surface area contributed by atoms with Gasteiger partial charge in [-0.25, -0.2) is 9.97 Å². The Morgan fingerprint density at radius 1 is 1.19 bits per heavy atom. The van der Waals surface area contributed by atoms with E-state index in [1.165, 1.54) is 0 Å². The Morgan fingerprint density at radius 3 is 2.67 bits per heavy atom. The predicted molar refractivity (Wildman–Crippen MR) is 88.9 cm³/mol. The van der Waals surface area contributed by atoms with Gasteiger partial charge in [0.05, 0.1) is 19.6 Å². The number of aromatic nitrogens is 2. The number of anilines is 1. The summed E-state index contributed by atoms with van der Waals surface area (Å²) in [7, 11) is 5.33. The minimum absolute atomic E-state index is 0.700. The van der Waals surface area contributed by atoms with Crippen LogP contribution in [-0.4, -0.2) is 49.8 Å². The van der Waals surface area contributed by atoms with Crippen LogP contribution in [0.15, 0.2) is 18.5 Å². The van der Waals surface area contributed by atoms with Crippen molar-refractivity contribution in [2.75, 3.05) is 44.7 Å². The number of hydrogen-bond donors (Lipinski definition) is 0. The maximum atomic E-state index is 5.41. The van der Waals surface area contributed by atoms with Crippen LogP contribution in [0.25, 0.3) is 10.9 Å². The molecule has 1 heterocycles. The Hall–Kier alpha value is -1.69. The van der Waals surface area contributed by atoms with Gasteiger partial charge in [-0.1, -0.05) is 0 Å². The molecule has 0 unspecified atom stereocenters. The highest BCUT2D eigenvalue weighted by Gasteiger charge is 2.13. The summed E-state index contributed by atoms with van der Waals surface area (Å²) in [5.74, 6) is 3.48. The van der Waals surface area contributed by atoms with E-state index in [1.807, 2.05) is 30.9 Å². The van der Waals surface area contributed by atoms with Crippen molar-refractivity contribution in [1.82, 2.24) is 9.97 Å². The Bertz CT molecular complexity index is 607. The molecule has 0 saturated carbocycles. The fourth-order valence-corrected chi connectivity index (χ4v) is 2.64. The topological polar surface area (TPSA) is 47.5 Å². The van der Waals surface area contributed by atoms with E-state index >= 15 is 0 Å². The van der Waals surface area contributed by atoms with Crippen LogP contribution in [0.5, 0.6) is 11.5 Å². The summed E-state index contributed by atoms with van der Waals surface area (Å²) in [6, 6.07) is 3.80. The summed E-state index contributed by atoms with van der Waals surface area (Å²) in [6.45, 7) is 0.951. The highest BCUT2D eigenvalue weighted by atomic mass is 32.2. The van der Waals surface area contributed by atoms with Gasteiger partial charge in [-0.3, -0.25) is 0 Å². The molecule has 21 heavy (non-hydrogen) atoms. The van der Waals surface area contributed by atoms with Gasteiger partial charge in [-0.05, 0) is 24.5 Å². The molecule has 0 aliphatic rings. The van der Waals surface area contributed by atoms with Crippen LogP contribution in [0.2, 0.25) is 0 Å². The number of thioether (sulfide) groups is 1. The molecule has 0 aliphatic carbocycles. The zero-order chi connectivity index (χ0) is 15.2. The normalized spacial score (nSPS) is 10.7. The van der Waals surface area contributed by atoms with E-state index in [4.69, 9.17) is 9.47 Å². The van der Waals surface area contributed by atoms with Crippen LogP contribution in [-0.2, 0) is 0 Å². The molecule has 114 valence electrons. The largest absolute Gasteiger partial charge is 0.497 e. The van der Waals surface area contributed by atoms with Crippen molar-refractivity contribution in [1.29, 1.82) is 0 Å². The molecule has 2 aromatic rings. The lowest BCUT2D eigenvalue weighted by molar-refractivity contribution is 0.397. The molecule has 1 aromatic heterocycles. The van der Waals surface area contributed by atoms with Gasteiger partial charge < -0.3 is 14.4 Å². The van der Waals surface area contributed by atoms with Gasteiger partial charge in [0.1, 0.15) is 29.2 Å². The SMILES string of the molecule is COc1cc(OC)c2ncnc(N(C)CCCSC)c2c1. The third-order valence-electron chi connectivity index (χ3n) is 3.32. The van der Waals surface area contributed by atoms with Crippen molar-refractivity contribution >= 4 is 28.5 Å². The molecule has 2 rings (SSSR count). The predicted octanol–water partition coefficient (Wildman–Crippen LogP) is 2.84. The first-order valence-corrected chi connectivity index (χ1v) is 8.17. The molecule has 0 N–H and O–H groups in total. The fourth-order valence-electron chi connectivity index (χ4n) is 2.23. The van der Waals surface area contributed by atoms with Crippen molar-refractivity contribution in [3.05, 3.63) is 18.5 Å². The van der Waals surface area contributed by atoms with Crippen LogP contribution in [0.1, 0.15) is 6.42 Å². The third-order valence-corrected chi connectivity index (χ3v) is 4.01. The molecule has 5 nitrogen and oxygen atoms in total. The van der Waals surface area contributed by atoms with Gasteiger partial charge in [0, 0.05) is 19.7 Å². The quantitative estimate of drug-likeness (QED) is 0.733. The second-order valence-electron chi connectivity index (χ2n) is 4.69. The molecule has 0 aliphatic heterocycles. The van der Waals surface area contributed by atoms with Crippen molar-refractivity contribution in [2.24, 2.45) is 0 Å². The number of hydrogen-bond acceptors (Lipinski definition) is 6. The third kappa shape index (κ3) is 3.50. The van der Waals surface area contributed by atoms with Gasteiger partial charge in [0.15, 0.2) is 0 Å². The van der Waals surface area contributed by atoms with Crippen molar-refractivity contribution in [3.63, 3.8) is 0 Å². The molecule has 0 bridgehead atoms. The molecule has 0 atom stereocenters. The monoisotopic (exact) mass is 307 g/mol. The highest BCUT2D eigenvalue weighted by molar-refractivity contribution is 7.98. The summed E-state index contributed by atoms with van der Waals surface area (Å²) in [5.41, 5.74) is 0.806. The Labute approximate surface area is 129 Å². The van der Waals surface area contributed by atoms with Crippen LogP contribution in [0.4, 0.5) is 5.82 Å². The van der Waals surface area contributed by atoms with E-state index in [9.17, 15) is 0 Å². The van der Waals surface area contributed by atoms with E-state index in [1.54, 1.807) is 20.5 Å². The van der Waals surface area contributed by atoms with Crippen LogP contribution < -0.4 is 14.4 Å². The van der Waals surface area contributed by atoms with Crippen LogP contribution in [0, 0.1) is 0 Å². The van der Waals surface area contributed by atoms with Crippen molar-refractivity contribution in [3.8, 4) is 11.5 Å². The summed E-state index contributed by atoms with van der Waals surface area (Å²) in [4.78, 5) is 10.9. The minimum atomic E-state index is 0.700. The molecule has 1 aromatic carbocycles. The fraction of sp³-hybridized carbons (Fsp3) is 0.467. The van der Waals surface area contributed by atoms with Crippen LogP contribution in [0.3, 0.4) is 0 Å². The van der Waals surface area contributed by atoms with Gasteiger partial charge >= 0.3 is 0 Å². The standard InChI is InChI=1S/C15H21N3O2S/c1-18(6-5-7-21-4)15-12-8-11(19-2)9-13(20-3)14(12)16-10-17-15/h8-10H,5-7H2,1-4H3. The lowest BCUT2D eigenvalue weighted by Gasteiger charge is -2.20. The number of ether oxygens (including phenoxy) is 2. The molecule has 0 amide bonds. The number of benzene rings is 1. The average molecular weight is 307 g/mol. The second-order valence-corrected chi connectivity index (χ2v) is 5.68. The maximum absolute atomic E-state index is 5.41. The van der Waals surface area contributed by atoms with Gasteiger partial charge in [-0.15, -0.1) is 0 Å². The first-order valence-electron chi connectivity index (χ1n) is 6.78. The zero-order valence-corrected chi connectivity index (χ0v) is 13.7. The lowest BCUT2D eigenvalue weighted by Crippen LogP contribution is -2.20. The highest BCUT2D eigenvalue weighted by Crippen LogP contribution is 2.33. The Morgan fingerprint density at radius 2 is 2.00 bits per heavy atom. The average Bonchev–Trinajstić information content (AvgIpc) is 2.53. The second kappa shape index (κ2) is 7.36. The van der Waals surface area contributed by atoms with Gasteiger partial charge in [0.2, 0.25) is 0 Å². The number of rotatable bonds is 7. The van der Waals surface area contributed by atoms with Crippen LogP contribution >= 0.6 is 11.8 Å². The van der Waals surface area contributed by atoms with E-state index in [2.05, 4.69) is 21.1 Å². The summed E-state index contributed by atoms with van der Waals surface area (Å²) < 4.78 is 10.8. The lowest BCUT2D eigenvalue weighted by atomic mass is 10.2. The first-order chi connectivity index (χ1) is 10.2. The maximum Gasteiger partial charge on any atom is 0.148 e. The number of methoxy groups -OCH3 is 2. The summed E-state index contributed by atoms with van der Waals surface area (Å²) in [5, 5.41) is 0.945. The Balaban J connectivity index is 2.43. The van der Waals surface area contributed by atoms with Gasteiger partial charge in [0.25, 0.3) is 0 Å². The number of fused-ring (bicyclic) bond motifs is 1. The molecular formula is C15H21N3O2S. The van der Waals surface area contributed by atoms with E-state index in [0.717, 1.165) is 41.2 Å². The van der Waals surface area contributed by atoms with Crippen molar-refractivity contribution in [2.45, 2.75) is 6.42 Å². The molecule has 6 heteroatoms. The van der Waals surface area contributed by atoms with E-state index in [-0.39, 0.29) is 0 Å². The zero-order valence-electron chi connectivity index (χ0n) is 12.9. The molecule has 0 spiro atoms. The van der Waals surface area contributed by atoms with E-state index in [0.29, 0.717) is 5.75 Å². The smallest absolute Gasteiger partial charge is 0.148 e. The Kier molecular flexibility index (Phi) is 5.50. The number of nitrogens with zero attached hydrogens (tertiary/aromatic N) is 3. The van der Waals surface area contributed by atoms with E-state index < -0.39 is 0 Å².